The summed E-state index contributed by atoms with van der Waals surface area (Å²) >= 11 is 1.44. The maximum Gasteiger partial charge on any atom is 0.335 e. The van der Waals surface area contributed by atoms with Gasteiger partial charge in [-0.1, -0.05) is 0 Å². The first-order chi connectivity index (χ1) is 12.9. The van der Waals surface area contributed by atoms with E-state index in [4.69, 9.17) is 9.84 Å². The fourth-order valence-electron chi connectivity index (χ4n) is 2.28. The second-order valence-corrected chi connectivity index (χ2v) is 6.88. The minimum absolute atomic E-state index is 0.0597. The first-order valence-corrected chi connectivity index (χ1v) is 9.45. The number of benzene rings is 1. The van der Waals surface area contributed by atoms with Gasteiger partial charge in [-0.2, -0.15) is 11.3 Å². The Balaban J connectivity index is 1.89. The standard InChI is InChI=1S/C19H22N2O5S/c1-12(2)26-16-6-5-13(19(24)25)10-15(16)21-17(22)4-3-8-20-18(23)14-7-9-27-11-14/h5-7,9-12H,3-4,8H2,1-2H3,(H,20,23)(H,21,22)(H,24,25). The number of anilines is 1. The van der Waals surface area contributed by atoms with Gasteiger partial charge < -0.3 is 20.5 Å². The molecule has 0 saturated heterocycles. The number of carboxylic acids is 1. The maximum absolute atomic E-state index is 12.2. The fraction of sp³-hybridized carbons (Fsp3) is 0.316. The van der Waals surface area contributed by atoms with E-state index in [1.165, 1.54) is 29.5 Å². The van der Waals surface area contributed by atoms with Gasteiger partial charge in [0.1, 0.15) is 5.75 Å². The molecule has 27 heavy (non-hydrogen) atoms. The zero-order valence-corrected chi connectivity index (χ0v) is 16.0. The Morgan fingerprint density at radius 2 is 1.96 bits per heavy atom. The van der Waals surface area contributed by atoms with E-state index in [-0.39, 0.29) is 29.9 Å². The van der Waals surface area contributed by atoms with Crippen molar-refractivity contribution in [2.24, 2.45) is 0 Å². The van der Waals surface area contributed by atoms with Crippen molar-refractivity contribution in [3.05, 3.63) is 46.2 Å². The molecule has 0 radical (unpaired) electrons. The Hall–Kier alpha value is -2.87. The molecule has 0 bridgehead atoms. The summed E-state index contributed by atoms with van der Waals surface area (Å²) in [5, 5.41) is 18.1. The van der Waals surface area contributed by atoms with Crippen molar-refractivity contribution >= 4 is 34.8 Å². The lowest BCUT2D eigenvalue weighted by Gasteiger charge is -2.15. The van der Waals surface area contributed by atoms with E-state index in [2.05, 4.69) is 10.6 Å². The normalized spacial score (nSPS) is 10.5. The molecule has 0 aliphatic heterocycles. The van der Waals surface area contributed by atoms with Crippen LogP contribution in [0.4, 0.5) is 5.69 Å². The molecule has 7 nitrogen and oxygen atoms in total. The highest BCUT2D eigenvalue weighted by Gasteiger charge is 2.13. The molecule has 2 aromatic rings. The summed E-state index contributed by atoms with van der Waals surface area (Å²) in [6.45, 7) is 4.05. The highest BCUT2D eigenvalue weighted by molar-refractivity contribution is 7.08. The molecule has 0 aliphatic carbocycles. The SMILES string of the molecule is CC(C)Oc1ccc(C(=O)O)cc1NC(=O)CCCNC(=O)c1ccsc1. The largest absolute Gasteiger partial charge is 0.489 e. The van der Waals surface area contributed by atoms with Gasteiger partial charge in [-0.3, -0.25) is 9.59 Å². The number of carboxylic acid groups (broad SMARTS) is 1. The molecule has 0 fully saturated rings. The zero-order chi connectivity index (χ0) is 19.8. The van der Waals surface area contributed by atoms with Crippen molar-refractivity contribution in [2.75, 3.05) is 11.9 Å². The number of thiophene rings is 1. The molecule has 0 atom stereocenters. The van der Waals surface area contributed by atoms with E-state index in [1.807, 2.05) is 19.2 Å². The quantitative estimate of drug-likeness (QED) is 0.569. The van der Waals surface area contributed by atoms with Gasteiger partial charge in [-0.15, -0.1) is 0 Å². The summed E-state index contributed by atoms with van der Waals surface area (Å²) in [6, 6.07) is 6.06. The van der Waals surface area contributed by atoms with Crippen LogP contribution in [-0.4, -0.2) is 35.5 Å². The summed E-state index contributed by atoms with van der Waals surface area (Å²) in [7, 11) is 0. The zero-order valence-electron chi connectivity index (χ0n) is 15.2. The van der Waals surface area contributed by atoms with Crippen LogP contribution in [0.5, 0.6) is 5.75 Å². The van der Waals surface area contributed by atoms with Crippen LogP contribution in [0.25, 0.3) is 0 Å². The topological polar surface area (TPSA) is 105 Å². The maximum atomic E-state index is 12.2. The highest BCUT2D eigenvalue weighted by atomic mass is 32.1. The fourth-order valence-corrected chi connectivity index (χ4v) is 2.91. The molecular formula is C19H22N2O5S. The van der Waals surface area contributed by atoms with Crippen LogP contribution in [-0.2, 0) is 4.79 Å². The molecule has 2 rings (SSSR count). The molecule has 1 heterocycles. The first kappa shape index (κ1) is 20.4. The van der Waals surface area contributed by atoms with Crippen LogP contribution < -0.4 is 15.4 Å². The number of hydrogen-bond donors (Lipinski definition) is 3. The van der Waals surface area contributed by atoms with E-state index < -0.39 is 5.97 Å². The molecule has 2 amide bonds. The molecule has 1 aromatic heterocycles. The second kappa shape index (κ2) is 9.72. The smallest absolute Gasteiger partial charge is 0.335 e. The van der Waals surface area contributed by atoms with E-state index in [1.54, 1.807) is 11.4 Å². The molecule has 0 saturated carbocycles. The summed E-state index contributed by atoms with van der Waals surface area (Å²) in [4.78, 5) is 35.1. The van der Waals surface area contributed by atoms with Gasteiger partial charge in [0.25, 0.3) is 5.91 Å². The average Bonchev–Trinajstić information content (AvgIpc) is 3.14. The predicted molar refractivity (Wildman–Crippen MR) is 104 cm³/mol. The summed E-state index contributed by atoms with van der Waals surface area (Å²) in [6.07, 6.45) is 0.520. The van der Waals surface area contributed by atoms with Crippen LogP contribution >= 0.6 is 11.3 Å². The summed E-state index contributed by atoms with van der Waals surface area (Å²) in [5.41, 5.74) is 0.978. The van der Waals surface area contributed by atoms with Gasteiger partial charge in [-0.05, 0) is 49.9 Å². The van der Waals surface area contributed by atoms with Gasteiger partial charge in [0.15, 0.2) is 0 Å². The third kappa shape index (κ3) is 6.41. The lowest BCUT2D eigenvalue weighted by Crippen LogP contribution is -2.25. The Bertz CT molecular complexity index is 802. The molecule has 1 aromatic carbocycles. The molecular weight excluding hydrogens is 368 g/mol. The second-order valence-electron chi connectivity index (χ2n) is 6.10. The molecule has 0 unspecified atom stereocenters. The number of nitrogens with one attached hydrogen (secondary N) is 2. The van der Waals surface area contributed by atoms with Crippen molar-refractivity contribution in [1.82, 2.24) is 5.32 Å². The van der Waals surface area contributed by atoms with Crippen molar-refractivity contribution in [2.45, 2.75) is 32.8 Å². The lowest BCUT2D eigenvalue weighted by molar-refractivity contribution is -0.116. The van der Waals surface area contributed by atoms with E-state index in [9.17, 15) is 14.4 Å². The van der Waals surface area contributed by atoms with E-state index in [0.717, 1.165) is 0 Å². The molecule has 0 spiro atoms. The Kier molecular flexibility index (Phi) is 7.36. The lowest BCUT2D eigenvalue weighted by atomic mass is 10.1. The molecule has 0 aliphatic rings. The third-order valence-electron chi connectivity index (χ3n) is 3.51. The average molecular weight is 390 g/mol. The van der Waals surface area contributed by atoms with E-state index >= 15 is 0 Å². The Morgan fingerprint density at radius 1 is 1.19 bits per heavy atom. The van der Waals surface area contributed by atoms with Crippen molar-refractivity contribution < 1.29 is 24.2 Å². The predicted octanol–water partition coefficient (Wildman–Crippen LogP) is 3.38. The number of amides is 2. The van der Waals surface area contributed by atoms with Crippen LogP contribution in [0.2, 0.25) is 0 Å². The molecule has 8 heteroatoms. The highest BCUT2D eigenvalue weighted by Crippen LogP contribution is 2.27. The number of carbonyl (C=O) groups is 3. The minimum Gasteiger partial charge on any atom is -0.489 e. The van der Waals surface area contributed by atoms with Crippen molar-refractivity contribution in [3.8, 4) is 5.75 Å². The van der Waals surface area contributed by atoms with Gasteiger partial charge in [0, 0.05) is 23.9 Å². The van der Waals surface area contributed by atoms with E-state index in [0.29, 0.717) is 30.0 Å². The summed E-state index contributed by atoms with van der Waals surface area (Å²) < 4.78 is 5.62. The Labute approximate surface area is 161 Å². The minimum atomic E-state index is -1.09. The Morgan fingerprint density at radius 3 is 2.59 bits per heavy atom. The van der Waals surface area contributed by atoms with Crippen molar-refractivity contribution in [1.29, 1.82) is 0 Å². The van der Waals surface area contributed by atoms with Crippen LogP contribution in [0.3, 0.4) is 0 Å². The van der Waals surface area contributed by atoms with Gasteiger partial charge in [0.05, 0.1) is 17.4 Å². The number of rotatable bonds is 9. The third-order valence-corrected chi connectivity index (χ3v) is 4.20. The van der Waals surface area contributed by atoms with Crippen LogP contribution in [0.1, 0.15) is 47.4 Å². The van der Waals surface area contributed by atoms with Crippen LogP contribution in [0, 0.1) is 0 Å². The number of ether oxygens (including phenoxy) is 1. The number of hydrogen-bond acceptors (Lipinski definition) is 5. The monoisotopic (exact) mass is 390 g/mol. The van der Waals surface area contributed by atoms with Gasteiger partial charge in [-0.25, -0.2) is 4.79 Å². The summed E-state index contributed by atoms with van der Waals surface area (Å²) in [5.74, 6) is -1.12. The number of carbonyl (C=O) groups excluding carboxylic acids is 2. The molecule has 3 N–H and O–H groups in total. The number of aromatic carboxylic acids is 1. The molecule has 144 valence electrons. The van der Waals surface area contributed by atoms with Gasteiger partial charge in [0.2, 0.25) is 5.91 Å². The van der Waals surface area contributed by atoms with Gasteiger partial charge >= 0.3 is 5.97 Å². The van der Waals surface area contributed by atoms with Crippen LogP contribution in [0.15, 0.2) is 35.0 Å². The van der Waals surface area contributed by atoms with Crippen molar-refractivity contribution in [3.63, 3.8) is 0 Å². The first-order valence-electron chi connectivity index (χ1n) is 8.51.